The smallest absolute Gasteiger partial charge is 0.417 e. The van der Waals surface area contributed by atoms with Crippen molar-refractivity contribution in [3.63, 3.8) is 0 Å². The monoisotopic (exact) mass is 223 g/mol. The van der Waals surface area contributed by atoms with Crippen LogP contribution in [0.3, 0.4) is 0 Å². The second-order valence-electron chi connectivity index (χ2n) is 2.72. The molecular formula is C8H5F4NO2. The molecule has 0 saturated carbocycles. The van der Waals surface area contributed by atoms with Crippen LogP contribution < -0.4 is 5.73 Å². The Labute approximate surface area is 81.1 Å². The summed E-state index contributed by atoms with van der Waals surface area (Å²) in [5, 5.41) is 8.44. The first-order valence-electron chi connectivity index (χ1n) is 3.63. The first-order chi connectivity index (χ1) is 6.73. The van der Waals surface area contributed by atoms with Crippen molar-refractivity contribution in [3.8, 4) is 0 Å². The summed E-state index contributed by atoms with van der Waals surface area (Å²) in [7, 11) is 0. The fourth-order valence-electron chi connectivity index (χ4n) is 1.00. The Balaban J connectivity index is 3.49. The summed E-state index contributed by atoms with van der Waals surface area (Å²) in [5.74, 6) is -3.05. The van der Waals surface area contributed by atoms with Crippen molar-refractivity contribution in [3.05, 3.63) is 29.1 Å². The number of alkyl halides is 3. The highest BCUT2D eigenvalue weighted by Crippen LogP contribution is 2.34. The number of carboxylic acid groups (broad SMARTS) is 1. The number of anilines is 1. The summed E-state index contributed by atoms with van der Waals surface area (Å²) in [6, 6.07) is 0.513. The molecule has 82 valence electrons. The number of rotatable bonds is 1. The Morgan fingerprint density at radius 1 is 1.33 bits per heavy atom. The Morgan fingerprint density at radius 2 is 1.87 bits per heavy atom. The molecule has 0 aromatic heterocycles. The van der Waals surface area contributed by atoms with Crippen molar-refractivity contribution in [1.29, 1.82) is 0 Å². The summed E-state index contributed by atoms with van der Waals surface area (Å²) < 4.78 is 49.6. The third-order valence-electron chi connectivity index (χ3n) is 1.67. The van der Waals surface area contributed by atoms with E-state index in [2.05, 4.69) is 0 Å². The number of aromatic carboxylic acids is 1. The van der Waals surface area contributed by atoms with Crippen LogP contribution in [0.15, 0.2) is 12.1 Å². The molecule has 0 aliphatic heterocycles. The molecule has 7 heteroatoms. The average Bonchev–Trinajstić information content (AvgIpc) is 2.06. The highest BCUT2D eigenvalue weighted by atomic mass is 19.4. The van der Waals surface area contributed by atoms with E-state index in [-0.39, 0.29) is 12.1 Å². The van der Waals surface area contributed by atoms with Crippen molar-refractivity contribution in [2.24, 2.45) is 0 Å². The highest BCUT2D eigenvalue weighted by molar-refractivity contribution is 5.90. The van der Waals surface area contributed by atoms with Crippen LogP contribution in [0.1, 0.15) is 15.9 Å². The van der Waals surface area contributed by atoms with Gasteiger partial charge in [0.15, 0.2) is 0 Å². The Hall–Kier alpha value is -1.79. The number of carboxylic acids is 1. The topological polar surface area (TPSA) is 63.3 Å². The molecule has 0 atom stereocenters. The number of hydrogen-bond acceptors (Lipinski definition) is 2. The number of carbonyl (C=O) groups is 1. The van der Waals surface area contributed by atoms with Gasteiger partial charge in [0.25, 0.3) is 0 Å². The number of halogens is 4. The SMILES string of the molecule is Nc1cc(C(F)(F)F)c(C(=O)O)cc1F. The molecule has 0 radical (unpaired) electrons. The molecule has 0 fully saturated rings. The van der Waals surface area contributed by atoms with Crippen molar-refractivity contribution < 1.29 is 27.5 Å². The number of nitrogens with two attached hydrogens (primary N) is 1. The molecule has 1 aromatic rings. The molecule has 0 bridgehead atoms. The van der Waals surface area contributed by atoms with Gasteiger partial charge in [-0.2, -0.15) is 13.2 Å². The fourth-order valence-corrected chi connectivity index (χ4v) is 1.00. The molecule has 0 aliphatic carbocycles. The first kappa shape index (κ1) is 11.3. The van der Waals surface area contributed by atoms with Crippen LogP contribution >= 0.6 is 0 Å². The van der Waals surface area contributed by atoms with E-state index < -0.39 is 34.8 Å². The maximum atomic E-state index is 12.8. The van der Waals surface area contributed by atoms with E-state index in [1.165, 1.54) is 0 Å². The van der Waals surface area contributed by atoms with Crippen molar-refractivity contribution >= 4 is 11.7 Å². The molecular weight excluding hydrogens is 218 g/mol. The third kappa shape index (κ3) is 2.17. The number of nitrogen functional groups attached to an aromatic ring is 1. The van der Waals surface area contributed by atoms with Crippen LogP contribution in [0.2, 0.25) is 0 Å². The summed E-state index contributed by atoms with van der Waals surface area (Å²) in [5.41, 5.74) is 1.55. The minimum absolute atomic E-state index is 0.250. The van der Waals surface area contributed by atoms with Crippen molar-refractivity contribution in [1.82, 2.24) is 0 Å². The summed E-state index contributed by atoms with van der Waals surface area (Å²) in [6.07, 6.45) is -4.88. The van der Waals surface area contributed by atoms with Gasteiger partial charge in [0.2, 0.25) is 0 Å². The fraction of sp³-hybridized carbons (Fsp3) is 0.125. The van der Waals surface area contributed by atoms with E-state index in [9.17, 15) is 22.4 Å². The number of hydrogen-bond donors (Lipinski definition) is 2. The quantitative estimate of drug-likeness (QED) is 0.566. The molecule has 0 unspecified atom stereocenters. The molecule has 15 heavy (non-hydrogen) atoms. The average molecular weight is 223 g/mol. The van der Waals surface area contributed by atoms with Crippen LogP contribution in [0.5, 0.6) is 0 Å². The molecule has 0 saturated heterocycles. The third-order valence-corrected chi connectivity index (χ3v) is 1.67. The summed E-state index contributed by atoms with van der Waals surface area (Å²) in [4.78, 5) is 10.4. The van der Waals surface area contributed by atoms with Gasteiger partial charge in [-0.25, -0.2) is 9.18 Å². The maximum Gasteiger partial charge on any atom is 0.417 e. The lowest BCUT2D eigenvalue weighted by Crippen LogP contribution is -2.14. The maximum absolute atomic E-state index is 12.8. The van der Waals surface area contributed by atoms with Gasteiger partial charge in [-0.15, -0.1) is 0 Å². The molecule has 1 rings (SSSR count). The minimum Gasteiger partial charge on any atom is -0.478 e. The van der Waals surface area contributed by atoms with Gasteiger partial charge in [-0.05, 0) is 12.1 Å². The predicted molar refractivity (Wildman–Crippen MR) is 42.8 cm³/mol. The van der Waals surface area contributed by atoms with Gasteiger partial charge >= 0.3 is 12.1 Å². The van der Waals surface area contributed by atoms with E-state index in [4.69, 9.17) is 10.8 Å². The molecule has 1 aromatic carbocycles. The van der Waals surface area contributed by atoms with Crippen LogP contribution in [0, 0.1) is 5.82 Å². The standard InChI is InChI=1S/C8H5F4NO2/c9-5-1-3(7(14)15)4(2-6(5)13)8(10,11)12/h1-2H,13H2,(H,14,15). The van der Waals surface area contributed by atoms with E-state index in [1.807, 2.05) is 0 Å². The van der Waals surface area contributed by atoms with Gasteiger partial charge < -0.3 is 10.8 Å². The largest absolute Gasteiger partial charge is 0.478 e. The van der Waals surface area contributed by atoms with Gasteiger partial charge in [0, 0.05) is 0 Å². The molecule has 3 N–H and O–H groups in total. The van der Waals surface area contributed by atoms with Crippen molar-refractivity contribution in [2.75, 3.05) is 5.73 Å². The van der Waals surface area contributed by atoms with E-state index in [1.54, 1.807) is 0 Å². The summed E-state index contributed by atoms with van der Waals surface area (Å²) in [6.45, 7) is 0. The Bertz CT molecular complexity index is 414. The van der Waals surface area contributed by atoms with Gasteiger partial charge in [0.05, 0.1) is 16.8 Å². The van der Waals surface area contributed by atoms with Gasteiger partial charge in [-0.3, -0.25) is 0 Å². The lowest BCUT2D eigenvalue weighted by atomic mass is 10.1. The second kappa shape index (κ2) is 3.41. The van der Waals surface area contributed by atoms with Gasteiger partial charge in [0.1, 0.15) is 5.82 Å². The lowest BCUT2D eigenvalue weighted by molar-refractivity contribution is -0.138. The summed E-state index contributed by atoms with van der Waals surface area (Å²) >= 11 is 0. The zero-order chi connectivity index (χ0) is 11.8. The normalized spacial score (nSPS) is 11.5. The Kier molecular flexibility index (Phi) is 2.57. The molecule has 0 heterocycles. The van der Waals surface area contributed by atoms with Gasteiger partial charge in [-0.1, -0.05) is 0 Å². The Morgan fingerprint density at radius 3 is 2.27 bits per heavy atom. The molecule has 0 spiro atoms. The van der Waals surface area contributed by atoms with E-state index in [0.717, 1.165) is 0 Å². The zero-order valence-electron chi connectivity index (χ0n) is 7.10. The van der Waals surface area contributed by atoms with Crippen LogP contribution in [0.25, 0.3) is 0 Å². The molecule has 3 nitrogen and oxygen atoms in total. The highest BCUT2D eigenvalue weighted by Gasteiger charge is 2.36. The zero-order valence-corrected chi connectivity index (χ0v) is 7.10. The van der Waals surface area contributed by atoms with E-state index in [0.29, 0.717) is 0 Å². The molecule has 0 aliphatic rings. The van der Waals surface area contributed by atoms with Crippen LogP contribution in [-0.4, -0.2) is 11.1 Å². The van der Waals surface area contributed by atoms with Crippen LogP contribution in [-0.2, 0) is 6.18 Å². The molecule has 0 amide bonds. The van der Waals surface area contributed by atoms with Crippen LogP contribution in [0.4, 0.5) is 23.2 Å². The van der Waals surface area contributed by atoms with E-state index >= 15 is 0 Å². The van der Waals surface area contributed by atoms with Crippen molar-refractivity contribution in [2.45, 2.75) is 6.18 Å². The second-order valence-corrected chi connectivity index (χ2v) is 2.72. The predicted octanol–water partition coefficient (Wildman–Crippen LogP) is 2.12. The minimum atomic E-state index is -4.88. The number of benzene rings is 1. The lowest BCUT2D eigenvalue weighted by Gasteiger charge is -2.11. The first-order valence-corrected chi connectivity index (χ1v) is 3.63.